The van der Waals surface area contributed by atoms with Gasteiger partial charge in [-0.1, -0.05) is 0 Å². The maximum Gasteiger partial charge on any atom is 0.287 e. The standard InChI is InChI=1S/C11H17N3O3/c1-8(15)13-10-5-4-9(17-10)11(16)12-6-7-14(2)3/h4-5H,6-7H2,1-3H3,(H,12,16)(H,13,15). The number of nitrogens with one attached hydrogen (secondary N) is 2. The van der Waals surface area contributed by atoms with Crippen molar-refractivity contribution in [1.82, 2.24) is 10.2 Å². The van der Waals surface area contributed by atoms with E-state index in [4.69, 9.17) is 4.42 Å². The van der Waals surface area contributed by atoms with Gasteiger partial charge in [0.1, 0.15) is 0 Å². The van der Waals surface area contributed by atoms with E-state index in [2.05, 4.69) is 10.6 Å². The third-order valence-electron chi connectivity index (χ3n) is 1.97. The zero-order chi connectivity index (χ0) is 12.8. The number of carbonyl (C=O) groups excluding carboxylic acids is 2. The first kappa shape index (κ1) is 13.2. The lowest BCUT2D eigenvalue weighted by Crippen LogP contribution is -2.31. The summed E-state index contributed by atoms with van der Waals surface area (Å²) in [5.74, 6) is -0.0647. The molecule has 1 aromatic heterocycles. The highest BCUT2D eigenvalue weighted by Gasteiger charge is 2.10. The molecular formula is C11H17N3O3. The second-order valence-corrected chi connectivity index (χ2v) is 3.90. The van der Waals surface area contributed by atoms with Gasteiger partial charge in [-0.3, -0.25) is 14.9 Å². The minimum atomic E-state index is -0.288. The smallest absolute Gasteiger partial charge is 0.287 e. The van der Waals surface area contributed by atoms with Gasteiger partial charge < -0.3 is 14.6 Å². The van der Waals surface area contributed by atoms with Crippen LogP contribution in [0.5, 0.6) is 0 Å². The summed E-state index contributed by atoms with van der Waals surface area (Å²) in [5, 5.41) is 5.17. The minimum absolute atomic E-state index is 0.188. The van der Waals surface area contributed by atoms with Gasteiger partial charge in [0.15, 0.2) is 11.6 Å². The number of furan rings is 1. The molecule has 0 aliphatic carbocycles. The Hall–Kier alpha value is -1.82. The molecule has 0 aliphatic rings. The molecule has 2 N–H and O–H groups in total. The van der Waals surface area contributed by atoms with Crippen molar-refractivity contribution in [1.29, 1.82) is 0 Å². The SMILES string of the molecule is CC(=O)Nc1ccc(C(=O)NCCN(C)C)o1. The molecule has 0 saturated carbocycles. The molecule has 2 amide bonds. The summed E-state index contributed by atoms with van der Waals surface area (Å²) >= 11 is 0. The van der Waals surface area contributed by atoms with E-state index in [-0.39, 0.29) is 23.5 Å². The molecule has 0 saturated heterocycles. The Bertz CT molecular complexity index is 398. The summed E-state index contributed by atoms with van der Waals surface area (Å²) in [6.07, 6.45) is 0. The predicted octanol–water partition coefficient (Wildman–Crippen LogP) is 0.529. The van der Waals surface area contributed by atoms with Crippen LogP contribution in [0.15, 0.2) is 16.5 Å². The molecule has 94 valence electrons. The topological polar surface area (TPSA) is 74.6 Å². The van der Waals surface area contributed by atoms with Gasteiger partial charge in [-0.15, -0.1) is 0 Å². The molecular weight excluding hydrogens is 222 g/mol. The number of hydrogen-bond acceptors (Lipinski definition) is 4. The Kier molecular flexibility index (Phi) is 4.71. The summed E-state index contributed by atoms with van der Waals surface area (Å²) in [5.41, 5.74) is 0. The van der Waals surface area contributed by atoms with Gasteiger partial charge in [-0.05, 0) is 20.2 Å². The van der Waals surface area contributed by atoms with Crippen LogP contribution in [0.2, 0.25) is 0 Å². The van der Waals surface area contributed by atoms with Gasteiger partial charge in [0.2, 0.25) is 5.91 Å². The van der Waals surface area contributed by atoms with Crippen LogP contribution >= 0.6 is 0 Å². The van der Waals surface area contributed by atoms with Crippen LogP contribution in [0.3, 0.4) is 0 Å². The van der Waals surface area contributed by atoms with Crippen molar-refractivity contribution < 1.29 is 14.0 Å². The normalized spacial score (nSPS) is 10.4. The first-order valence-corrected chi connectivity index (χ1v) is 5.29. The molecule has 6 nitrogen and oxygen atoms in total. The Morgan fingerprint density at radius 1 is 1.35 bits per heavy atom. The molecule has 1 aromatic rings. The summed E-state index contributed by atoms with van der Waals surface area (Å²) < 4.78 is 5.16. The Morgan fingerprint density at radius 2 is 2.06 bits per heavy atom. The molecule has 1 heterocycles. The Morgan fingerprint density at radius 3 is 2.65 bits per heavy atom. The summed E-state index contributed by atoms with van der Waals surface area (Å²) in [4.78, 5) is 24.3. The molecule has 6 heteroatoms. The third-order valence-corrected chi connectivity index (χ3v) is 1.97. The number of rotatable bonds is 5. The van der Waals surface area contributed by atoms with Crippen molar-refractivity contribution >= 4 is 17.7 Å². The highest BCUT2D eigenvalue weighted by molar-refractivity contribution is 5.93. The van der Waals surface area contributed by atoms with E-state index in [0.717, 1.165) is 6.54 Å². The van der Waals surface area contributed by atoms with Gasteiger partial charge in [0.05, 0.1) is 0 Å². The van der Waals surface area contributed by atoms with Gasteiger partial charge in [-0.25, -0.2) is 0 Å². The Labute approximate surface area is 100.0 Å². The third kappa shape index (κ3) is 4.69. The number of hydrogen-bond donors (Lipinski definition) is 2. The second-order valence-electron chi connectivity index (χ2n) is 3.90. The summed E-state index contributed by atoms with van der Waals surface area (Å²) in [6.45, 7) is 2.67. The van der Waals surface area contributed by atoms with Crippen molar-refractivity contribution in [3.8, 4) is 0 Å². The fraction of sp³-hybridized carbons (Fsp3) is 0.455. The maximum atomic E-state index is 11.6. The van der Waals surface area contributed by atoms with E-state index >= 15 is 0 Å². The van der Waals surface area contributed by atoms with Gasteiger partial charge >= 0.3 is 0 Å². The van der Waals surface area contributed by atoms with Gasteiger partial charge in [-0.2, -0.15) is 0 Å². The molecule has 0 spiro atoms. The molecule has 0 aromatic carbocycles. The van der Waals surface area contributed by atoms with E-state index in [9.17, 15) is 9.59 Å². The van der Waals surface area contributed by atoms with E-state index in [1.54, 1.807) is 6.07 Å². The Balaban J connectivity index is 2.46. The minimum Gasteiger partial charge on any atom is -0.435 e. The monoisotopic (exact) mass is 239 g/mol. The number of likely N-dealkylation sites (N-methyl/N-ethyl adjacent to an activating group) is 1. The lowest BCUT2D eigenvalue weighted by molar-refractivity contribution is -0.114. The van der Waals surface area contributed by atoms with Crippen LogP contribution in [0, 0.1) is 0 Å². The average molecular weight is 239 g/mol. The molecule has 0 radical (unpaired) electrons. The number of amides is 2. The van der Waals surface area contributed by atoms with Gasteiger partial charge in [0.25, 0.3) is 5.91 Å². The largest absolute Gasteiger partial charge is 0.435 e. The predicted molar refractivity (Wildman–Crippen MR) is 63.9 cm³/mol. The first-order valence-electron chi connectivity index (χ1n) is 5.29. The molecule has 1 rings (SSSR count). The molecule has 0 atom stereocenters. The molecule has 0 bridgehead atoms. The lowest BCUT2D eigenvalue weighted by atomic mass is 10.4. The quantitative estimate of drug-likeness (QED) is 0.786. The van der Waals surface area contributed by atoms with Crippen molar-refractivity contribution in [2.45, 2.75) is 6.92 Å². The van der Waals surface area contributed by atoms with Crippen LogP contribution in [0.4, 0.5) is 5.88 Å². The van der Waals surface area contributed by atoms with Crippen LogP contribution in [0.1, 0.15) is 17.5 Å². The second kappa shape index (κ2) is 6.05. The summed E-state index contributed by atoms with van der Waals surface area (Å²) in [6, 6.07) is 3.07. The number of nitrogens with zero attached hydrogens (tertiary/aromatic N) is 1. The van der Waals surface area contributed by atoms with E-state index in [0.29, 0.717) is 6.54 Å². The number of anilines is 1. The zero-order valence-corrected chi connectivity index (χ0v) is 10.2. The van der Waals surface area contributed by atoms with Crippen LogP contribution in [-0.2, 0) is 4.79 Å². The van der Waals surface area contributed by atoms with Crippen molar-refractivity contribution in [2.24, 2.45) is 0 Å². The highest BCUT2D eigenvalue weighted by atomic mass is 16.4. The van der Waals surface area contributed by atoms with Crippen molar-refractivity contribution in [3.05, 3.63) is 17.9 Å². The highest BCUT2D eigenvalue weighted by Crippen LogP contribution is 2.12. The van der Waals surface area contributed by atoms with Crippen molar-refractivity contribution in [3.63, 3.8) is 0 Å². The summed E-state index contributed by atoms with van der Waals surface area (Å²) in [7, 11) is 3.85. The van der Waals surface area contributed by atoms with E-state index in [1.807, 2.05) is 19.0 Å². The van der Waals surface area contributed by atoms with E-state index < -0.39 is 0 Å². The molecule has 0 aliphatic heterocycles. The van der Waals surface area contributed by atoms with E-state index in [1.165, 1.54) is 13.0 Å². The van der Waals surface area contributed by atoms with Crippen LogP contribution < -0.4 is 10.6 Å². The lowest BCUT2D eigenvalue weighted by Gasteiger charge is -2.09. The average Bonchev–Trinajstić information content (AvgIpc) is 2.64. The molecule has 0 unspecified atom stereocenters. The molecule has 17 heavy (non-hydrogen) atoms. The first-order chi connectivity index (χ1) is 7.99. The van der Waals surface area contributed by atoms with Crippen molar-refractivity contribution in [2.75, 3.05) is 32.5 Å². The molecule has 0 fully saturated rings. The maximum absolute atomic E-state index is 11.6. The van der Waals surface area contributed by atoms with Crippen LogP contribution in [-0.4, -0.2) is 43.9 Å². The number of carbonyl (C=O) groups is 2. The van der Waals surface area contributed by atoms with Crippen LogP contribution in [0.25, 0.3) is 0 Å². The van der Waals surface area contributed by atoms with Gasteiger partial charge in [0, 0.05) is 26.1 Å². The zero-order valence-electron chi connectivity index (χ0n) is 10.2. The fourth-order valence-electron chi connectivity index (χ4n) is 1.18. The fourth-order valence-corrected chi connectivity index (χ4v) is 1.18.